The first-order valence-electron chi connectivity index (χ1n) is 6.52. The number of amides is 3. The predicted octanol–water partition coefficient (Wildman–Crippen LogP) is 0.162. The van der Waals surface area contributed by atoms with E-state index in [1.54, 1.807) is 0 Å². The summed E-state index contributed by atoms with van der Waals surface area (Å²) in [6, 6.07) is 3.28. The number of hydrogen-bond acceptors (Lipinski definition) is 4. The summed E-state index contributed by atoms with van der Waals surface area (Å²) >= 11 is 0. The number of benzene rings is 1. The van der Waals surface area contributed by atoms with Crippen molar-refractivity contribution < 1.29 is 18.8 Å². The number of likely N-dealkylation sites (tertiary alicyclic amines) is 1. The number of piperidine rings is 1. The largest absolute Gasteiger partial charge is 0.366 e. The number of rotatable bonds is 4. The van der Waals surface area contributed by atoms with Crippen molar-refractivity contribution in [3.05, 3.63) is 35.1 Å². The van der Waals surface area contributed by atoms with E-state index in [-0.39, 0.29) is 35.9 Å². The summed E-state index contributed by atoms with van der Waals surface area (Å²) in [6.45, 7) is 0.0748. The normalized spacial score (nSPS) is 19.0. The summed E-state index contributed by atoms with van der Waals surface area (Å²) < 4.78 is 13.7. The van der Waals surface area contributed by atoms with Crippen molar-refractivity contribution in [3.63, 3.8) is 0 Å². The van der Waals surface area contributed by atoms with E-state index in [0.29, 0.717) is 6.42 Å². The lowest BCUT2D eigenvalue weighted by Crippen LogP contribution is -2.51. The van der Waals surface area contributed by atoms with Crippen LogP contribution in [0.5, 0.6) is 0 Å². The molecule has 0 aliphatic carbocycles. The highest BCUT2D eigenvalue weighted by molar-refractivity contribution is 6.00. The van der Waals surface area contributed by atoms with Gasteiger partial charge in [0.15, 0.2) is 0 Å². The van der Waals surface area contributed by atoms with Crippen LogP contribution in [-0.4, -0.2) is 35.7 Å². The molecular formula is C14H16FN3O3. The van der Waals surface area contributed by atoms with Crippen LogP contribution in [0.4, 0.5) is 4.39 Å². The minimum absolute atomic E-state index is 0.0748. The fraction of sp³-hybridized carbons (Fsp3) is 0.357. The highest BCUT2D eigenvalue weighted by Crippen LogP contribution is 2.14. The molecule has 1 atom stereocenters. The molecule has 112 valence electrons. The van der Waals surface area contributed by atoms with Crippen LogP contribution in [0.3, 0.4) is 0 Å². The second-order valence-corrected chi connectivity index (χ2v) is 4.93. The zero-order valence-corrected chi connectivity index (χ0v) is 11.6. The molecule has 0 radical (unpaired) electrons. The molecule has 2 rings (SSSR count). The van der Waals surface area contributed by atoms with Crippen LogP contribution < -0.4 is 11.1 Å². The van der Waals surface area contributed by atoms with Gasteiger partial charge in [-0.05, 0) is 24.6 Å². The lowest BCUT2D eigenvalue weighted by molar-refractivity contribution is -0.148. The molecule has 3 N–H and O–H groups in total. The summed E-state index contributed by atoms with van der Waals surface area (Å²) in [6.07, 6.45) is 0.642. The Kier molecular flexibility index (Phi) is 4.32. The molecule has 7 heteroatoms. The van der Waals surface area contributed by atoms with Gasteiger partial charge in [0.05, 0.1) is 6.04 Å². The number of halogens is 1. The first-order chi connectivity index (χ1) is 9.90. The first-order valence-corrected chi connectivity index (χ1v) is 6.52. The van der Waals surface area contributed by atoms with Gasteiger partial charge in [0.25, 0.3) is 0 Å². The van der Waals surface area contributed by atoms with Crippen molar-refractivity contribution in [1.82, 2.24) is 10.2 Å². The maximum absolute atomic E-state index is 13.7. The molecule has 1 heterocycles. The van der Waals surface area contributed by atoms with Crippen LogP contribution >= 0.6 is 0 Å². The van der Waals surface area contributed by atoms with Crippen molar-refractivity contribution in [2.45, 2.75) is 25.4 Å². The Bertz CT molecular complexity index is 603. The quantitative estimate of drug-likeness (QED) is 0.774. The molecule has 0 bridgehead atoms. The van der Waals surface area contributed by atoms with Gasteiger partial charge in [-0.2, -0.15) is 0 Å². The monoisotopic (exact) mass is 293 g/mol. The Hall–Kier alpha value is -2.28. The molecular weight excluding hydrogens is 277 g/mol. The fourth-order valence-electron chi connectivity index (χ4n) is 2.20. The van der Waals surface area contributed by atoms with E-state index in [1.807, 2.05) is 0 Å². The number of hydrogen-bond donors (Lipinski definition) is 2. The second kappa shape index (κ2) is 6.01. The van der Waals surface area contributed by atoms with E-state index in [1.165, 1.54) is 19.2 Å². The van der Waals surface area contributed by atoms with Crippen LogP contribution in [0.1, 0.15) is 28.8 Å². The van der Waals surface area contributed by atoms with Crippen molar-refractivity contribution in [3.8, 4) is 0 Å². The molecule has 0 aromatic heterocycles. The Morgan fingerprint density at radius 1 is 1.48 bits per heavy atom. The Morgan fingerprint density at radius 3 is 2.86 bits per heavy atom. The number of primary amides is 1. The van der Waals surface area contributed by atoms with E-state index in [0.717, 1.165) is 11.0 Å². The Morgan fingerprint density at radius 2 is 2.19 bits per heavy atom. The maximum atomic E-state index is 13.7. The van der Waals surface area contributed by atoms with Crippen LogP contribution in [-0.2, 0) is 16.1 Å². The topological polar surface area (TPSA) is 92.5 Å². The van der Waals surface area contributed by atoms with E-state index in [9.17, 15) is 18.8 Å². The first kappa shape index (κ1) is 15.1. The van der Waals surface area contributed by atoms with E-state index >= 15 is 0 Å². The predicted molar refractivity (Wildman–Crippen MR) is 72.6 cm³/mol. The average Bonchev–Trinajstić information content (AvgIpc) is 2.45. The van der Waals surface area contributed by atoms with Crippen LogP contribution in [0, 0.1) is 5.82 Å². The smallest absolute Gasteiger partial charge is 0.248 e. The summed E-state index contributed by atoms with van der Waals surface area (Å²) in [5.41, 5.74) is 5.60. The highest BCUT2D eigenvalue weighted by Gasteiger charge is 2.31. The third-order valence-electron chi connectivity index (χ3n) is 3.52. The number of carbonyl (C=O) groups is 3. The summed E-state index contributed by atoms with van der Waals surface area (Å²) in [5, 5.41) is 2.91. The van der Waals surface area contributed by atoms with Gasteiger partial charge in [-0.1, -0.05) is 0 Å². The molecule has 1 aromatic rings. The molecule has 3 amide bonds. The van der Waals surface area contributed by atoms with Gasteiger partial charge >= 0.3 is 0 Å². The van der Waals surface area contributed by atoms with Crippen LogP contribution in [0.25, 0.3) is 0 Å². The van der Waals surface area contributed by atoms with Gasteiger partial charge in [0.1, 0.15) is 5.82 Å². The van der Waals surface area contributed by atoms with Crippen molar-refractivity contribution in [2.75, 3.05) is 7.05 Å². The molecule has 1 fully saturated rings. The molecule has 0 spiro atoms. The highest BCUT2D eigenvalue weighted by atomic mass is 19.1. The van der Waals surface area contributed by atoms with E-state index < -0.39 is 17.8 Å². The number of imide groups is 1. The van der Waals surface area contributed by atoms with Gasteiger partial charge in [0, 0.05) is 31.1 Å². The third kappa shape index (κ3) is 3.25. The van der Waals surface area contributed by atoms with Gasteiger partial charge in [-0.25, -0.2) is 4.39 Å². The number of carbonyl (C=O) groups excluding carboxylic acids is 3. The number of nitrogens with zero attached hydrogens (tertiary/aromatic N) is 1. The molecule has 6 nitrogen and oxygen atoms in total. The van der Waals surface area contributed by atoms with Gasteiger partial charge in [0.2, 0.25) is 17.7 Å². The molecule has 0 saturated carbocycles. The minimum Gasteiger partial charge on any atom is -0.366 e. The van der Waals surface area contributed by atoms with Crippen LogP contribution in [0.2, 0.25) is 0 Å². The zero-order chi connectivity index (χ0) is 15.6. The van der Waals surface area contributed by atoms with Gasteiger partial charge < -0.3 is 11.1 Å². The van der Waals surface area contributed by atoms with Gasteiger partial charge in [-0.3, -0.25) is 19.3 Å². The number of nitrogens with two attached hydrogens (primary N) is 1. The molecule has 1 aliphatic heterocycles. The van der Waals surface area contributed by atoms with E-state index in [4.69, 9.17) is 5.73 Å². The molecule has 1 unspecified atom stereocenters. The Balaban J connectivity index is 2.06. The summed E-state index contributed by atoms with van der Waals surface area (Å²) in [5.74, 6) is -1.69. The summed E-state index contributed by atoms with van der Waals surface area (Å²) in [7, 11) is 1.42. The standard InChI is InChI=1S/C14H16FN3O3/c1-18-12(19)5-4-11(14(18)21)17-7-9-6-8(13(16)20)2-3-10(9)15/h2-3,6,11,17H,4-5,7H2,1H3,(H2,16,20). The lowest BCUT2D eigenvalue weighted by atomic mass is 10.0. The van der Waals surface area contributed by atoms with Crippen molar-refractivity contribution in [2.24, 2.45) is 5.73 Å². The molecule has 1 saturated heterocycles. The van der Waals surface area contributed by atoms with Crippen LogP contribution in [0.15, 0.2) is 18.2 Å². The van der Waals surface area contributed by atoms with Gasteiger partial charge in [-0.15, -0.1) is 0 Å². The lowest BCUT2D eigenvalue weighted by Gasteiger charge is -2.28. The maximum Gasteiger partial charge on any atom is 0.248 e. The number of likely N-dealkylation sites (N-methyl/N-ethyl adjacent to an activating group) is 1. The minimum atomic E-state index is -0.643. The summed E-state index contributed by atoms with van der Waals surface area (Å²) in [4.78, 5) is 35.4. The number of nitrogens with one attached hydrogen (secondary N) is 1. The fourth-order valence-corrected chi connectivity index (χ4v) is 2.20. The average molecular weight is 293 g/mol. The second-order valence-electron chi connectivity index (χ2n) is 4.93. The molecule has 21 heavy (non-hydrogen) atoms. The van der Waals surface area contributed by atoms with Crippen molar-refractivity contribution >= 4 is 17.7 Å². The third-order valence-corrected chi connectivity index (χ3v) is 3.52. The SMILES string of the molecule is CN1C(=O)CCC(NCc2cc(C(N)=O)ccc2F)C1=O. The molecule has 1 aromatic carbocycles. The van der Waals surface area contributed by atoms with Crippen molar-refractivity contribution in [1.29, 1.82) is 0 Å². The zero-order valence-electron chi connectivity index (χ0n) is 11.6. The van der Waals surface area contributed by atoms with E-state index in [2.05, 4.69) is 5.32 Å². The Labute approximate surface area is 121 Å². The molecule has 1 aliphatic rings.